The highest BCUT2D eigenvalue weighted by atomic mass is 32.7. The summed E-state index contributed by atoms with van der Waals surface area (Å²) >= 11 is 1.78. The number of nitrogens with zero attached hydrogens (tertiary/aromatic N) is 4. The Balaban J connectivity index is 2.16. The molecule has 0 aliphatic rings. The van der Waals surface area contributed by atoms with E-state index in [2.05, 4.69) is 45.7 Å². The van der Waals surface area contributed by atoms with Crippen molar-refractivity contribution in [2.45, 2.75) is 31.7 Å². The summed E-state index contributed by atoms with van der Waals surface area (Å²) in [5.41, 5.74) is 10.5. The molecule has 34 heavy (non-hydrogen) atoms. The molecule has 176 valence electrons. The van der Waals surface area contributed by atoms with Crippen molar-refractivity contribution < 1.29 is 4.74 Å². The van der Waals surface area contributed by atoms with Crippen LogP contribution in [0, 0.1) is 23.7 Å². The van der Waals surface area contributed by atoms with Crippen LogP contribution in [0.25, 0.3) is 11.1 Å². The number of nitrogens with two attached hydrogens (primary N) is 1. The summed E-state index contributed by atoms with van der Waals surface area (Å²) in [6, 6.07) is 6.09. The monoisotopic (exact) mass is 493 g/mol. The number of hydrogen-bond acceptors (Lipinski definition) is 9. The predicted octanol–water partition coefficient (Wildman–Crippen LogP) is 5.62. The number of pyridine rings is 1. The van der Waals surface area contributed by atoms with Crippen LogP contribution in [0.4, 0.5) is 11.6 Å². The third-order valence-electron chi connectivity index (χ3n) is 5.18. The fraction of sp³-hybridized carbons (Fsp3) is 0.292. The van der Waals surface area contributed by atoms with Crippen molar-refractivity contribution in [1.29, 1.82) is 10.7 Å². The van der Waals surface area contributed by atoms with Gasteiger partial charge < -0.3 is 21.2 Å². The summed E-state index contributed by atoms with van der Waals surface area (Å²) in [4.78, 5) is 13.8. The van der Waals surface area contributed by atoms with Gasteiger partial charge in [-0.15, -0.1) is 0 Å². The van der Waals surface area contributed by atoms with Gasteiger partial charge in [-0.25, -0.2) is 9.97 Å². The molecule has 0 saturated heterocycles. The maximum absolute atomic E-state index is 9.99. The molecule has 10 heteroatoms. The minimum Gasteiger partial charge on any atom is -0.496 e. The number of nitrogens with one attached hydrogen (secondary N) is 2. The molecule has 2 aromatic heterocycles. The standard InChI is InChI=1S/C24H28N7OPS/c1-13-7-18(15(3)31-24-20(14(2)26)23(27)29-12-30-24)22(32-4)21(19(13)9-25)16-8-17(11-28-10-16)34-33(5)6/h7-8,10-12,15,26H,1-6H3,(H3,27,29,30,31). The lowest BCUT2D eigenvalue weighted by molar-refractivity contribution is 0.409. The van der Waals surface area contributed by atoms with Crippen molar-refractivity contribution in [3.05, 3.63) is 53.1 Å². The van der Waals surface area contributed by atoms with Crippen LogP contribution >= 0.6 is 18.5 Å². The highest BCUT2D eigenvalue weighted by Crippen LogP contribution is 2.48. The Morgan fingerprint density at radius 2 is 2.03 bits per heavy atom. The first-order chi connectivity index (χ1) is 16.2. The van der Waals surface area contributed by atoms with Crippen LogP contribution in [0.5, 0.6) is 5.75 Å². The Hall–Kier alpha value is -3.21. The van der Waals surface area contributed by atoms with Crippen LogP contribution < -0.4 is 15.8 Å². The fourth-order valence-corrected chi connectivity index (χ4v) is 6.04. The number of rotatable bonds is 8. The molecule has 1 unspecified atom stereocenters. The van der Waals surface area contributed by atoms with Crippen molar-refractivity contribution >= 4 is 35.9 Å². The number of nitriles is 1. The summed E-state index contributed by atoms with van der Waals surface area (Å²) in [5.74, 6) is 1.31. The van der Waals surface area contributed by atoms with E-state index in [1.165, 1.54) is 6.33 Å². The Morgan fingerprint density at radius 3 is 2.65 bits per heavy atom. The first-order valence-electron chi connectivity index (χ1n) is 10.5. The van der Waals surface area contributed by atoms with Gasteiger partial charge in [-0.3, -0.25) is 4.98 Å². The Morgan fingerprint density at radius 1 is 1.29 bits per heavy atom. The molecule has 0 spiro atoms. The van der Waals surface area contributed by atoms with Gasteiger partial charge in [0.1, 0.15) is 29.8 Å². The molecule has 1 aromatic carbocycles. The van der Waals surface area contributed by atoms with Crippen LogP contribution in [0.15, 0.2) is 35.7 Å². The van der Waals surface area contributed by atoms with Crippen LogP contribution in [-0.4, -0.2) is 41.1 Å². The summed E-state index contributed by atoms with van der Waals surface area (Å²) < 4.78 is 5.89. The molecule has 3 aromatic rings. The third-order valence-corrected chi connectivity index (χ3v) is 7.71. The molecule has 0 radical (unpaired) electrons. The molecule has 8 nitrogen and oxygen atoms in total. The van der Waals surface area contributed by atoms with E-state index in [0.29, 0.717) is 28.3 Å². The molecule has 0 saturated carbocycles. The fourth-order valence-electron chi connectivity index (χ4n) is 3.76. The van der Waals surface area contributed by atoms with E-state index >= 15 is 0 Å². The average Bonchev–Trinajstić information content (AvgIpc) is 2.77. The SMILES string of the molecule is COc1c(C(C)Nc2ncnc(N)c2C(C)=N)cc(C)c(C#N)c1-c1cncc(SP(C)C)c1. The van der Waals surface area contributed by atoms with Gasteiger partial charge in [0.2, 0.25) is 0 Å². The van der Waals surface area contributed by atoms with Gasteiger partial charge in [0.05, 0.1) is 24.3 Å². The van der Waals surface area contributed by atoms with Gasteiger partial charge in [-0.2, -0.15) is 5.26 Å². The van der Waals surface area contributed by atoms with E-state index in [0.717, 1.165) is 21.6 Å². The van der Waals surface area contributed by atoms with E-state index in [4.69, 9.17) is 15.9 Å². The minimum absolute atomic E-state index is 0.212. The normalized spacial score (nSPS) is 11.7. The van der Waals surface area contributed by atoms with Crippen LogP contribution in [0.1, 0.15) is 42.1 Å². The van der Waals surface area contributed by atoms with Gasteiger partial charge in [0.25, 0.3) is 0 Å². The molecule has 0 aliphatic heterocycles. The maximum atomic E-state index is 9.99. The molecule has 2 heterocycles. The lowest BCUT2D eigenvalue weighted by atomic mass is 9.91. The van der Waals surface area contributed by atoms with Gasteiger partial charge in [0, 0.05) is 39.7 Å². The minimum atomic E-state index is -0.266. The van der Waals surface area contributed by atoms with Crippen molar-refractivity contribution in [2.75, 3.05) is 31.5 Å². The number of hydrogen-bond donors (Lipinski definition) is 3. The second-order valence-corrected chi connectivity index (χ2v) is 13.0. The van der Waals surface area contributed by atoms with Crippen molar-refractivity contribution in [3.8, 4) is 22.9 Å². The van der Waals surface area contributed by atoms with E-state index in [1.807, 2.05) is 26.1 Å². The summed E-state index contributed by atoms with van der Waals surface area (Å²) in [5, 5.41) is 21.4. The van der Waals surface area contributed by atoms with E-state index < -0.39 is 0 Å². The van der Waals surface area contributed by atoms with Crippen LogP contribution in [0.2, 0.25) is 0 Å². The van der Waals surface area contributed by atoms with Gasteiger partial charge >= 0.3 is 0 Å². The summed E-state index contributed by atoms with van der Waals surface area (Å²) in [6.07, 6.45) is 4.98. The topological polar surface area (TPSA) is 134 Å². The first kappa shape index (κ1) is 25.4. The number of benzene rings is 1. The molecular weight excluding hydrogens is 465 g/mol. The zero-order valence-corrected chi connectivity index (χ0v) is 21.8. The predicted molar refractivity (Wildman–Crippen MR) is 141 cm³/mol. The highest BCUT2D eigenvalue weighted by molar-refractivity contribution is 8.55. The quantitative estimate of drug-likeness (QED) is 0.272. The van der Waals surface area contributed by atoms with Crippen molar-refractivity contribution in [1.82, 2.24) is 15.0 Å². The van der Waals surface area contributed by atoms with Crippen LogP contribution in [0.3, 0.4) is 0 Å². The second kappa shape index (κ2) is 10.8. The zero-order valence-electron chi connectivity index (χ0n) is 20.1. The smallest absolute Gasteiger partial charge is 0.141 e. The first-order valence-corrected chi connectivity index (χ1v) is 14.2. The number of methoxy groups -OCH3 is 1. The Kier molecular flexibility index (Phi) is 8.08. The highest BCUT2D eigenvalue weighted by Gasteiger charge is 2.24. The number of anilines is 2. The van der Waals surface area contributed by atoms with Crippen LogP contribution in [-0.2, 0) is 0 Å². The van der Waals surface area contributed by atoms with Gasteiger partial charge in [0.15, 0.2) is 0 Å². The molecular formula is C24H28N7OPS. The number of nitrogen functional groups attached to an aromatic ring is 1. The number of ether oxygens (including phenoxy) is 1. The lowest BCUT2D eigenvalue weighted by Crippen LogP contribution is -2.15. The van der Waals surface area contributed by atoms with Crippen molar-refractivity contribution in [3.63, 3.8) is 0 Å². The van der Waals surface area contributed by atoms with Gasteiger partial charge in [-0.05, 0) is 58.9 Å². The number of aryl methyl sites for hydroxylation is 1. The van der Waals surface area contributed by atoms with E-state index in [1.54, 1.807) is 31.6 Å². The molecule has 4 N–H and O–H groups in total. The molecule has 3 rings (SSSR count). The maximum Gasteiger partial charge on any atom is 0.141 e. The molecule has 0 bridgehead atoms. The van der Waals surface area contributed by atoms with E-state index in [9.17, 15) is 5.26 Å². The molecule has 0 aliphatic carbocycles. The van der Waals surface area contributed by atoms with Gasteiger partial charge in [-0.1, -0.05) is 11.4 Å². The molecule has 0 fully saturated rings. The third kappa shape index (κ3) is 5.30. The Labute approximate surface area is 205 Å². The molecule has 1 atom stereocenters. The largest absolute Gasteiger partial charge is 0.496 e. The van der Waals surface area contributed by atoms with Crippen molar-refractivity contribution in [2.24, 2.45) is 0 Å². The van der Waals surface area contributed by atoms with E-state index in [-0.39, 0.29) is 24.7 Å². The lowest BCUT2D eigenvalue weighted by Gasteiger charge is -2.23. The second-order valence-electron chi connectivity index (χ2n) is 7.96. The number of aromatic nitrogens is 3. The average molecular weight is 494 g/mol. The summed E-state index contributed by atoms with van der Waals surface area (Å²) in [6.45, 7) is 9.91. The molecule has 0 amide bonds. The zero-order chi connectivity index (χ0) is 25.0. The Bertz CT molecular complexity index is 1270. The summed E-state index contributed by atoms with van der Waals surface area (Å²) in [7, 11) is 1.39.